The van der Waals surface area contributed by atoms with Gasteiger partial charge in [-0.2, -0.15) is 13.2 Å². The Morgan fingerprint density at radius 2 is 2.10 bits per heavy atom. The highest BCUT2D eigenvalue weighted by Crippen LogP contribution is 2.41. The molecule has 20 heavy (non-hydrogen) atoms. The predicted molar refractivity (Wildman–Crippen MR) is 69.1 cm³/mol. The second-order valence-corrected chi connectivity index (χ2v) is 5.25. The zero-order chi connectivity index (χ0) is 14.9. The number of amides is 1. The molecule has 2 rings (SSSR count). The summed E-state index contributed by atoms with van der Waals surface area (Å²) in [4.78, 5) is 13.1. The first kappa shape index (κ1) is 14.8. The van der Waals surface area contributed by atoms with E-state index in [1.807, 2.05) is 4.90 Å². The molecule has 0 unspecified atom stereocenters. The summed E-state index contributed by atoms with van der Waals surface area (Å²) in [7, 11) is 1.80. The van der Waals surface area contributed by atoms with Gasteiger partial charge in [0, 0.05) is 11.6 Å². The van der Waals surface area contributed by atoms with Gasteiger partial charge in [-0.3, -0.25) is 9.69 Å². The van der Waals surface area contributed by atoms with Crippen molar-refractivity contribution in [3.05, 3.63) is 35.4 Å². The molecule has 2 atom stereocenters. The molecule has 110 valence electrons. The van der Waals surface area contributed by atoms with Crippen LogP contribution in [0.1, 0.15) is 34.8 Å². The molecule has 0 aromatic heterocycles. The molecule has 1 aliphatic rings. The highest BCUT2D eigenvalue weighted by molar-refractivity contribution is 5.92. The Hall–Kier alpha value is -1.56. The van der Waals surface area contributed by atoms with Crippen LogP contribution in [0, 0.1) is 5.92 Å². The molecule has 1 amide bonds. The third-order valence-corrected chi connectivity index (χ3v) is 3.89. The largest absolute Gasteiger partial charge is 0.391 e. The van der Waals surface area contributed by atoms with Gasteiger partial charge in [-0.05, 0) is 44.1 Å². The molecule has 1 aromatic rings. The van der Waals surface area contributed by atoms with Crippen LogP contribution in [-0.4, -0.2) is 30.6 Å². The van der Waals surface area contributed by atoms with Gasteiger partial charge < -0.3 is 5.73 Å². The number of nitrogens with zero attached hydrogens (tertiary/aromatic N) is 1. The first-order valence-electron chi connectivity index (χ1n) is 6.45. The third kappa shape index (κ3) is 3.12. The maximum atomic E-state index is 12.9. The van der Waals surface area contributed by atoms with Crippen LogP contribution in [0.5, 0.6) is 0 Å². The van der Waals surface area contributed by atoms with E-state index in [-0.39, 0.29) is 18.9 Å². The smallest absolute Gasteiger partial charge is 0.366 e. The van der Waals surface area contributed by atoms with Crippen LogP contribution >= 0.6 is 0 Å². The van der Waals surface area contributed by atoms with E-state index in [0.29, 0.717) is 17.7 Å². The summed E-state index contributed by atoms with van der Waals surface area (Å²) in [5.74, 6) is -1.86. The number of halogens is 3. The fourth-order valence-corrected chi connectivity index (χ4v) is 2.67. The SMILES string of the molecule is CN1CC[C@@H](C(F)(F)F)C[C@H]1c1cccc(C(N)=O)c1. The number of alkyl halides is 3. The molecular formula is C14H17F3N2O. The van der Waals surface area contributed by atoms with Crippen LogP contribution in [-0.2, 0) is 0 Å². The zero-order valence-corrected chi connectivity index (χ0v) is 11.2. The number of hydrogen-bond acceptors (Lipinski definition) is 2. The molecule has 0 saturated carbocycles. The predicted octanol–water partition coefficient (Wildman–Crippen LogP) is 2.73. The van der Waals surface area contributed by atoms with Crippen molar-refractivity contribution < 1.29 is 18.0 Å². The number of carbonyl (C=O) groups is 1. The molecule has 3 nitrogen and oxygen atoms in total. The molecular weight excluding hydrogens is 269 g/mol. The van der Waals surface area contributed by atoms with Gasteiger partial charge in [0.1, 0.15) is 0 Å². The Balaban J connectivity index is 2.25. The maximum absolute atomic E-state index is 12.9. The normalized spacial score (nSPS) is 24.6. The summed E-state index contributed by atoms with van der Waals surface area (Å²) in [5.41, 5.74) is 6.24. The number of likely N-dealkylation sites (tertiary alicyclic amines) is 1. The number of primary amides is 1. The van der Waals surface area contributed by atoms with Crippen molar-refractivity contribution in [1.82, 2.24) is 4.90 Å². The first-order valence-corrected chi connectivity index (χ1v) is 6.45. The van der Waals surface area contributed by atoms with E-state index in [4.69, 9.17) is 5.73 Å². The summed E-state index contributed by atoms with van der Waals surface area (Å²) < 4.78 is 38.6. The molecule has 0 bridgehead atoms. The van der Waals surface area contributed by atoms with Crippen molar-refractivity contribution in [3.8, 4) is 0 Å². The lowest BCUT2D eigenvalue weighted by molar-refractivity contribution is -0.189. The molecule has 6 heteroatoms. The topological polar surface area (TPSA) is 46.3 Å². The van der Waals surface area contributed by atoms with Gasteiger partial charge in [0.05, 0.1) is 5.92 Å². The monoisotopic (exact) mass is 286 g/mol. The zero-order valence-electron chi connectivity index (χ0n) is 11.2. The minimum absolute atomic E-state index is 0.0161. The maximum Gasteiger partial charge on any atom is 0.391 e. The molecule has 0 spiro atoms. The summed E-state index contributed by atoms with van der Waals surface area (Å²) >= 11 is 0. The van der Waals surface area contributed by atoms with Gasteiger partial charge in [-0.25, -0.2) is 0 Å². The van der Waals surface area contributed by atoms with Gasteiger partial charge in [-0.15, -0.1) is 0 Å². The second-order valence-electron chi connectivity index (χ2n) is 5.25. The van der Waals surface area contributed by atoms with E-state index < -0.39 is 18.0 Å². The molecule has 1 aliphatic heterocycles. The quantitative estimate of drug-likeness (QED) is 0.908. The standard InChI is InChI=1S/C14H17F3N2O/c1-19-6-5-11(14(15,16)17)8-12(19)9-3-2-4-10(7-9)13(18)20/h2-4,7,11-12H,5-6,8H2,1H3,(H2,18,20)/t11-,12+/m1/s1. The molecule has 1 fully saturated rings. The van der Waals surface area contributed by atoms with Crippen LogP contribution in [0.4, 0.5) is 13.2 Å². The van der Waals surface area contributed by atoms with Crippen molar-refractivity contribution in [2.24, 2.45) is 11.7 Å². The van der Waals surface area contributed by atoms with E-state index in [0.717, 1.165) is 0 Å². The summed E-state index contributed by atoms with van der Waals surface area (Å²) in [6, 6.07) is 6.21. The van der Waals surface area contributed by atoms with Gasteiger partial charge >= 0.3 is 6.18 Å². The highest BCUT2D eigenvalue weighted by Gasteiger charge is 2.43. The average Bonchev–Trinajstić information content (AvgIpc) is 2.38. The number of carbonyl (C=O) groups excluding carboxylic acids is 1. The van der Waals surface area contributed by atoms with Gasteiger partial charge in [0.25, 0.3) is 0 Å². The number of rotatable bonds is 2. The summed E-state index contributed by atoms with van der Waals surface area (Å²) in [6.07, 6.45) is -4.03. The highest BCUT2D eigenvalue weighted by atomic mass is 19.4. The molecule has 1 saturated heterocycles. The van der Waals surface area contributed by atoms with Crippen molar-refractivity contribution in [2.75, 3.05) is 13.6 Å². The van der Waals surface area contributed by atoms with Crippen LogP contribution in [0.25, 0.3) is 0 Å². The minimum Gasteiger partial charge on any atom is -0.366 e. The summed E-state index contributed by atoms with van der Waals surface area (Å²) in [6.45, 7) is 0.385. The van der Waals surface area contributed by atoms with E-state index in [1.165, 1.54) is 0 Å². The van der Waals surface area contributed by atoms with Crippen LogP contribution in [0.3, 0.4) is 0 Å². The molecule has 1 heterocycles. The average molecular weight is 286 g/mol. The minimum atomic E-state index is -4.17. The molecule has 0 radical (unpaired) electrons. The fraction of sp³-hybridized carbons (Fsp3) is 0.500. The lowest BCUT2D eigenvalue weighted by Gasteiger charge is -2.38. The van der Waals surface area contributed by atoms with Crippen molar-refractivity contribution in [3.63, 3.8) is 0 Å². The first-order chi connectivity index (χ1) is 9.29. The number of nitrogens with two attached hydrogens (primary N) is 1. The van der Waals surface area contributed by atoms with Crippen LogP contribution in [0.2, 0.25) is 0 Å². The number of hydrogen-bond donors (Lipinski definition) is 1. The lowest BCUT2D eigenvalue weighted by Crippen LogP contribution is -2.39. The third-order valence-electron chi connectivity index (χ3n) is 3.89. The summed E-state index contributed by atoms with van der Waals surface area (Å²) in [5, 5.41) is 0. The van der Waals surface area contributed by atoms with E-state index in [2.05, 4.69) is 0 Å². The second kappa shape index (κ2) is 5.44. The Bertz CT molecular complexity index is 501. The molecule has 1 aromatic carbocycles. The van der Waals surface area contributed by atoms with E-state index in [9.17, 15) is 18.0 Å². The van der Waals surface area contributed by atoms with Crippen molar-refractivity contribution >= 4 is 5.91 Å². The Morgan fingerprint density at radius 1 is 1.40 bits per heavy atom. The Labute approximate surface area is 115 Å². The lowest BCUT2D eigenvalue weighted by atomic mass is 9.86. The Morgan fingerprint density at radius 3 is 2.70 bits per heavy atom. The number of benzene rings is 1. The molecule has 2 N–H and O–H groups in total. The van der Waals surface area contributed by atoms with Gasteiger partial charge in [0.2, 0.25) is 5.91 Å². The van der Waals surface area contributed by atoms with Crippen LogP contribution in [0.15, 0.2) is 24.3 Å². The Kier molecular flexibility index (Phi) is 4.04. The van der Waals surface area contributed by atoms with Crippen LogP contribution < -0.4 is 5.73 Å². The molecule has 0 aliphatic carbocycles. The van der Waals surface area contributed by atoms with E-state index in [1.54, 1.807) is 31.3 Å². The fourth-order valence-electron chi connectivity index (χ4n) is 2.67. The van der Waals surface area contributed by atoms with E-state index >= 15 is 0 Å². The van der Waals surface area contributed by atoms with Gasteiger partial charge in [-0.1, -0.05) is 12.1 Å². The van der Waals surface area contributed by atoms with Crippen molar-refractivity contribution in [1.29, 1.82) is 0 Å². The number of piperidine rings is 1. The van der Waals surface area contributed by atoms with Gasteiger partial charge in [0.15, 0.2) is 0 Å². The van der Waals surface area contributed by atoms with Crippen molar-refractivity contribution in [2.45, 2.75) is 25.1 Å².